The first kappa shape index (κ1) is 16.8. The van der Waals surface area contributed by atoms with Gasteiger partial charge in [0.05, 0.1) is 22.5 Å². The average Bonchev–Trinajstić information content (AvgIpc) is 3.03. The van der Waals surface area contributed by atoms with Crippen molar-refractivity contribution in [3.05, 3.63) is 64.0 Å². The molecule has 0 aliphatic rings. The normalized spacial score (nSPS) is 11.0. The van der Waals surface area contributed by atoms with E-state index < -0.39 is 0 Å². The Morgan fingerprint density at radius 2 is 1.96 bits per heavy atom. The van der Waals surface area contributed by atoms with Gasteiger partial charge in [-0.15, -0.1) is 11.3 Å². The second kappa shape index (κ2) is 6.59. The Morgan fingerprint density at radius 1 is 1.12 bits per heavy atom. The van der Waals surface area contributed by atoms with Gasteiger partial charge in [-0.05, 0) is 48.9 Å². The van der Waals surface area contributed by atoms with Crippen molar-refractivity contribution in [1.82, 2.24) is 4.98 Å². The fourth-order valence-corrected chi connectivity index (χ4v) is 3.96. The van der Waals surface area contributed by atoms with Crippen molar-refractivity contribution in [3.8, 4) is 5.75 Å². The van der Waals surface area contributed by atoms with Gasteiger partial charge in [0, 0.05) is 16.5 Å². The molecule has 0 saturated carbocycles. The molecule has 2 aromatic carbocycles. The van der Waals surface area contributed by atoms with E-state index in [0.717, 1.165) is 26.7 Å². The number of aryl methyl sites for hydroxylation is 1. The van der Waals surface area contributed by atoms with E-state index in [2.05, 4.69) is 22.4 Å². The quantitative estimate of drug-likeness (QED) is 0.496. The van der Waals surface area contributed by atoms with E-state index in [1.807, 2.05) is 25.1 Å². The van der Waals surface area contributed by atoms with E-state index in [4.69, 9.17) is 16.3 Å². The summed E-state index contributed by atoms with van der Waals surface area (Å²) in [5.41, 5.74) is 2.72. The number of hydrogen-bond donors (Lipinski definition) is 1. The smallest absolute Gasteiger partial charge is 0.265 e. The number of benzene rings is 2. The zero-order chi connectivity index (χ0) is 18.3. The summed E-state index contributed by atoms with van der Waals surface area (Å²) in [7, 11) is 1.55. The number of nitrogens with one attached hydrogen (secondary N) is 1. The number of halogens is 1. The zero-order valence-electron chi connectivity index (χ0n) is 14.2. The van der Waals surface area contributed by atoms with Crippen molar-refractivity contribution < 1.29 is 9.53 Å². The summed E-state index contributed by atoms with van der Waals surface area (Å²) in [4.78, 5) is 18.7. The molecule has 0 unspecified atom stereocenters. The van der Waals surface area contributed by atoms with Crippen molar-refractivity contribution in [3.63, 3.8) is 0 Å². The monoisotopic (exact) mass is 382 g/mol. The molecule has 0 radical (unpaired) electrons. The highest BCUT2D eigenvalue weighted by atomic mass is 35.5. The number of thiophene rings is 1. The van der Waals surface area contributed by atoms with Gasteiger partial charge >= 0.3 is 0 Å². The lowest BCUT2D eigenvalue weighted by Crippen LogP contribution is -2.09. The number of ether oxygens (including phenoxy) is 1. The molecule has 4 aromatic rings. The highest BCUT2D eigenvalue weighted by molar-refractivity contribution is 7.20. The number of methoxy groups -OCH3 is 1. The highest BCUT2D eigenvalue weighted by Gasteiger charge is 2.13. The van der Waals surface area contributed by atoms with Crippen molar-refractivity contribution in [2.75, 3.05) is 12.4 Å². The molecule has 1 amide bonds. The van der Waals surface area contributed by atoms with Crippen LogP contribution in [-0.2, 0) is 0 Å². The summed E-state index contributed by atoms with van der Waals surface area (Å²) in [5, 5.41) is 5.34. The molecule has 130 valence electrons. The van der Waals surface area contributed by atoms with Gasteiger partial charge < -0.3 is 10.1 Å². The third-order valence-corrected chi connectivity index (χ3v) is 5.43. The van der Waals surface area contributed by atoms with Crippen LogP contribution in [-0.4, -0.2) is 18.0 Å². The zero-order valence-corrected chi connectivity index (χ0v) is 15.7. The summed E-state index contributed by atoms with van der Waals surface area (Å²) in [6, 6.07) is 15.2. The van der Waals surface area contributed by atoms with E-state index in [9.17, 15) is 4.79 Å². The van der Waals surface area contributed by atoms with Crippen LogP contribution in [0.15, 0.2) is 48.5 Å². The molecule has 2 heterocycles. The van der Waals surface area contributed by atoms with Gasteiger partial charge in [-0.2, -0.15) is 0 Å². The van der Waals surface area contributed by atoms with Crippen LogP contribution in [0, 0.1) is 6.92 Å². The molecule has 0 saturated heterocycles. The van der Waals surface area contributed by atoms with Gasteiger partial charge in [-0.3, -0.25) is 4.79 Å². The number of fused-ring (bicyclic) bond motifs is 2. The molecule has 26 heavy (non-hydrogen) atoms. The second-order valence-electron chi connectivity index (χ2n) is 5.99. The van der Waals surface area contributed by atoms with Crippen LogP contribution >= 0.6 is 22.9 Å². The van der Waals surface area contributed by atoms with Crippen LogP contribution in [0.25, 0.3) is 21.1 Å². The van der Waals surface area contributed by atoms with Crippen LogP contribution in [0.5, 0.6) is 5.75 Å². The number of aromatic nitrogens is 1. The minimum Gasteiger partial charge on any atom is -0.495 e. The number of carbonyl (C=O) groups excluding carboxylic acids is 1. The Labute approximate surface area is 159 Å². The number of anilines is 1. The van der Waals surface area contributed by atoms with E-state index in [1.165, 1.54) is 11.3 Å². The van der Waals surface area contributed by atoms with Gasteiger partial charge in [-0.25, -0.2) is 4.98 Å². The Morgan fingerprint density at radius 3 is 2.73 bits per heavy atom. The lowest BCUT2D eigenvalue weighted by atomic mass is 10.1. The Kier molecular flexibility index (Phi) is 4.26. The lowest BCUT2D eigenvalue weighted by molar-refractivity contribution is 0.103. The maximum Gasteiger partial charge on any atom is 0.265 e. The average molecular weight is 383 g/mol. The van der Waals surface area contributed by atoms with Crippen LogP contribution in [0.1, 0.15) is 15.2 Å². The molecule has 0 atom stereocenters. The third-order valence-electron chi connectivity index (χ3n) is 4.09. The van der Waals surface area contributed by atoms with Gasteiger partial charge in [0.15, 0.2) is 0 Å². The topological polar surface area (TPSA) is 51.2 Å². The molecule has 0 bridgehead atoms. The summed E-state index contributed by atoms with van der Waals surface area (Å²) in [5.74, 6) is 0.382. The number of amides is 1. The fourth-order valence-electron chi connectivity index (χ4n) is 2.78. The molecule has 0 aliphatic heterocycles. The number of nitrogens with zero attached hydrogens (tertiary/aromatic N) is 1. The molecule has 2 aromatic heterocycles. The first-order chi connectivity index (χ1) is 12.5. The van der Waals surface area contributed by atoms with Gasteiger partial charge in [-0.1, -0.05) is 23.7 Å². The Bertz CT molecular complexity index is 1150. The van der Waals surface area contributed by atoms with E-state index >= 15 is 0 Å². The molecule has 4 nitrogen and oxygen atoms in total. The SMILES string of the molecule is COc1ccc(NC(=O)c2cc3cc4ccc(C)cc4nc3s2)cc1Cl. The first-order valence-corrected chi connectivity index (χ1v) is 9.19. The minimum atomic E-state index is -0.186. The highest BCUT2D eigenvalue weighted by Crippen LogP contribution is 2.30. The van der Waals surface area contributed by atoms with E-state index in [0.29, 0.717) is 21.3 Å². The molecule has 0 fully saturated rings. The van der Waals surface area contributed by atoms with Gasteiger partial charge in [0.1, 0.15) is 10.6 Å². The van der Waals surface area contributed by atoms with Crippen LogP contribution in [0.4, 0.5) is 5.69 Å². The standard InChI is InChI=1S/C20H15ClN2O2S/c1-11-3-4-12-8-13-9-18(26-20(13)23-16(12)7-11)19(24)22-14-5-6-17(25-2)15(21)10-14/h3-10H,1-2H3,(H,22,24). The molecule has 6 heteroatoms. The number of rotatable bonds is 3. The molecular formula is C20H15ClN2O2S. The number of hydrogen-bond acceptors (Lipinski definition) is 4. The number of carbonyl (C=O) groups is 1. The third kappa shape index (κ3) is 3.11. The molecule has 0 aliphatic carbocycles. The maximum absolute atomic E-state index is 12.6. The summed E-state index contributed by atoms with van der Waals surface area (Å²) in [6.07, 6.45) is 0. The summed E-state index contributed by atoms with van der Waals surface area (Å²) >= 11 is 7.49. The Balaban J connectivity index is 1.66. The molecule has 1 N–H and O–H groups in total. The summed E-state index contributed by atoms with van der Waals surface area (Å²) in [6.45, 7) is 2.04. The van der Waals surface area contributed by atoms with Gasteiger partial charge in [0.2, 0.25) is 0 Å². The Hall–Kier alpha value is -2.63. The lowest BCUT2D eigenvalue weighted by Gasteiger charge is -2.07. The van der Waals surface area contributed by atoms with Crippen molar-refractivity contribution in [2.45, 2.75) is 6.92 Å². The predicted molar refractivity (Wildman–Crippen MR) is 108 cm³/mol. The first-order valence-electron chi connectivity index (χ1n) is 7.99. The van der Waals surface area contributed by atoms with Gasteiger partial charge in [0.25, 0.3) is 5.91 Å². The maximum atomic E-state index is 12.6. The largest absolute Gasteiger partial charge is 0.495 e. The van der Waals surface area contributed by atoms with Crippen LogP contribution < -0.4 is 10.1 Å². The van der Waals surface area contributed by atoms with Crippen molar-refractivity contribution >= 4 is 55.7 Å². The molecular weight excluding hydrogens is 368 g/mol. The molecule has 0 spiro atoms. The fraction of sp³-hybridized carbons (Fsp3) is 0.100. The summed E-state index contributed by atoms with van der Waals surface area (Å²) < 4.78 is 5.12. The predicted octanol–water partition coefficient (Wildman–Crippen LogP) is 5.67. The van der Waals surface area contributed by atoms with Crippen molar-refractivity contribution in [2.24, 2.45) is 0 Å². The van der Waals surface area contributed by atoms with E-state index in [1.54, 1.807) is 25.3 Å². The van der Waals surface area contributed by atoms with Crippen LogP contribution in [0.3, 0.4) is 0 Å². The minimum absolute atomic E-state index is 0.186. The van der Waals surface area contributed by atoms with Crippen molar-refractivity contribution in [1.29, 1.82) is 0 Å². The molecule has 4 rings (SSSR count). The van der Waals surface area contributed by atoms with Crippen LogP contribution in [0.2, 0.25) is 5.02 Å². The van der Waals surface area contributed by atoms with E-state index in [-0.39, 0.29) is 5.91 Å². The number of pyridine rings is 1. The second-order valence-corrected chi connectivity index (χ2v) is 7.43.